The Balaban J connectivity index is 0.966. The van der Waals surface area contributed by atoms with Gasteiger partial charge >= 0.3 is 0 Å². The summed E-state index contributed by atoms with van der Waals surface area (Å²) in [4.78, 5) is 47.4. The fourth-order valence-corrected chi connectivity index (χ4v) is 10.4. The summed E-state index contributed by atoms with van der Waals surface area (Å²) in [5, 5.41) is 13.9. The fraction of sp³-hybridized carbons (Fsp3) is 0.393. The number of amides is 2. The van der Waals surface area contributed by atoms with Gasteiger partial charge in [0.2, 0.25) is 24.5 Å². The van der Waals surface area contributed by atoms with E-state index in [1.807, 2.05) is 121 Å². The number of carbonyl (C=O) groups is 2. The molecule has 3 aliphatic rings. The van der Waals surface area contributed by atoms with E-state index in [0.29, 0.717) is 78.6 Å². The van der Waals surface area contributed by atoms with Crippen LogP contribution in [0.25, 0.3) is 44.7 Å². The highest BCUT2D eigenvalue weighted by Gasteiger charge is 2.39. The third-order valence-electron chi connectivity index (χ3n) is 14.4. The molecule has 0 radical (unpaired) electrons. The van der Waals surface area contributed by atoms with Crippen molar-refractivity contribution in [1.29, 1.82) is 0 Å². The van der Waals surface area contributed by atoms with Crippen LogP contribution in [0.4, 0.5) is 4.39 Å². The maximum atomic E-state index is 17.0. The van der Waals surface area contributed by atoms with Gasteiger partial charge in [0.25, 0.3) is 0 Å². The van der Waals surface area contributed by atoms with E-state index in [1.165, 1.54) is 13.2 Å². The predicted molar refractivity (Wildman–Crippen MR) is 274 cm³/mol. The Bertz CT molecular complexity index is 3080. The molecular formula is C56H64FN9O7. The van der Waals surface area contributed by atoms with Crippen molar-refractivity contribution in [3.8, 4) is 45.3 Å². The second kappa shape index (κ2) is 21.3. The Kier molecular flexibility index (Phi) is 14.5. The van der Waals surface area contributed by atoms with Gasteiger partial charge in [-0.2, -0.15) is 0 Å². The molecule has 17 heteroatoms. The van der Waals surface area contributed by atoms with Crippen LogP contribution in [0.3, 0.4) is 0 Å². The third kappa shape index (κ3) is 10.1. The lowest BCUT2D eigenvalue weighted by atomic mass is 10.0. The van der Waals surface area contributed by atoms with E-state index in [-0.39, 0.29) is 35.7 Å². The lowest BCUT2D eigenvalue weighted by Gasteiger charge is -2.31. The van der Waals surface area contributed by atoms with Crippen molar-refractivity contribution in [2.75, 3.05) is 33.4 Å². The van der Waals surface area contributed by atoms with Crippen LogP contribution in [0.15, 0.2) is 103 Å². The van der Waals surface area contributed by atoms with Crippen molar-refractivity contribution in [1.82, 2.24) is 39.6 Å². The summed E-state index contributed by atoms with van der Waals surface area (Å²) in [6, 6.07) is 27.3. The molecule has 16 nitrogen and oxygen atoms in total. The molecule has 6 atom stereocenters. The number of nitrogens with two attached hydrogens (primary N) is 1. The molecule has 0 saturated carbocycles. The van der Waals surface area contributed by atoms with Crippen LogP contribution in [-0.4, -0.2) is 103 Å². The molecule has 382 valence electrons. The van der Waals surface area contributed by atoms with E-state index < -0.39 is 30.5 Å². The number of aromatic nitrogens is 5. The van der Waals surface area contributed by atoms with Crippen molar-refractivity contribution < 1.29 is 38.0 Å². The van der Waals surface area contributed by atoms with Crippen molar-refractivity contribution in [3.63, 3.8) is 0 Å². The smallest absolute Gasteiger partial charge is 0.240 e. The number of methoxy groups -OCH3 is 1. The number of benzene rings is 4. The summed E-state index contributed by atoms with van der Waals surface area (Å²) >= 11 is 0. The van der Waals surface area contributed by atoms with E-state index in [1.54, 1.807) is 12.4 Å². The van der Waals surface area contributed by atoms with E-state index in [9.17, 15) is 14.7 Å². The zero-order chi connectivity index (χ0) is 50.9. The number of hydrogen-bond donors (Lipinski definition) is 5. The van der Waals surface area contributed by atoms with Crippen LogP contribution in [0.5, 0.6) is 11.5 Å². The minimum Gasteiger partial charge on any atom is -0.491 e. The quantitative estimate of drug-likeness (QED) is 0.0408. The number of hydrogen-bond acceptors (Lipinski definition) is 11. The second-order valence-corrected chi connectivity index (χ2v) is 19.9. The maximum Gasteiger partial charge on any atom is 0.240 e. The first-order valence-electron chi connectivity index (χ1n) is 25.3. The number of halogens is 1. The van der Waals surface area contributed by atoms with Gasteiger partial charge in [-0.3, -0.25) is 14.9 Å². The number of nitrogens with one attached hydrogen (secondary N) is 3. The second-order valence-electron chi connectivity index (χ2n) is 19.9. The monoisotopic (exact) mass is 993 g/mol. The highest BCUT2D eigenvalue weighted by atomic mass is 19.1. The first-order valence-corrected chi connectivity index (χ1v) is 25.3. The van der Waals surface area contributed by atoms with Crippen LogP contribution in [0, 0.1) is 17.7 Å². The summed E-state index contributed by atoms with van der Waals surface area (Å²) in [5.74, 6) is 1.48. The number of carbonyl (C=O) groups excluding carboxylic acids is 2. The molecule has 2 saturated heterocycles. The first kappa shape index (κ1) is 49.7. The molecule has 0 bridgehead atoms. The van der Waals surface area contributed by atoms with Gasteiger partial charge in [0.15, 0.2) is 0 Å². The lowest BCUT2D eigenvalue weighted by Crippen LogP contribution is -2.52. The summed E-state index contributed by atoms with van der Waals surface area (Å²) in [6.45, 7) is 10.1. The van der Waals surface area contributed by atoms with Gasteiger partial charge < -0.3 is 54.1 Å². The molecule has 10 rings (SSSR count). The fourth-order valence-electron chi connectivity index (χ4n) is 10.4. The van der Waals surface area contributed by atoms with Gasteiger partial charge in [-0.15, -0.1) is 0 Å². The largest absolute Gasteiger partial charge is 0.491 e. The van der Waals surface area contributed by atoms with E-state index in [2.05, 4.69) is 21.4 Å². The van der Waals surface area contributed by atoms with Gasteiger partial charge in [0.05, 0.1) is 77.9 Å². The number of rotatable bonds is 18. The molecule has 2 fully saturated rings. The Morgan fingerprint density at radius 2 is 1.53 bits per heavy atom. The average Bonchev–Trinajstić information content (AvgIpc) is 4.27. The van der Waals surface area contributed by atoms with Crippen LogP contribution >= 0.6 is 0 Å². The molecule has 0 aliphatic carbocycles. The number of imidazole rings is 2. The molecule has 4 aromatic carbocycles. The zero-order valence-corrected chi connectivity index (χ0v) is 41.9. The Morgan fingerprint density at radius 3 is 2.22 bits per heavy atom. The van der Waals surface area contributed by atoms with Crippen molar-refractivity contribution in [2.24, 2.45) is 17.6 Å². The number of aliphatic hydroxyl groups is 1. The normalized spacial score (nSPS) is 18.8. The molecule has 6 unspecified atom stereocenters. The number of likely N-dealkylation sites (tertiary alicyclic amines) is 2. The zero-order valence-electron chi connectivity index (χ0n) is 41.9. The van der Waals surface area contributed by atoms with Crippen molar-refractivity contribution >= 4 is 22.7 Å². The van der Waals surface area contributed by atoms with E-state index in [0.717, 1.165) is 59.0 Å². The summed E-state index contributed by atoms with van der Waals surface area (Å²) in [7, 11) is 1.38. The molecule has 6 heterocycles. The highest BCUT2D eigenvalue weighted by molar-refractivity contribution is 5.93. The standard InChI is InChI=1S/C56H64FN9O7/c1-32(2)49(58)53(67)64-20-10-16-44(64)51-60-30-42(62-51)37-26-40(57)48-46-27-38-24-35(41-29-59-52(61-41)45-17-11-21-65(45)54(68)50(33(3)4)63-56(69)70-5)18-19-43(38)66(46)55(73-47(48)28-37)36-14-9-15-39(25-36)72-23-22-71-31-34-12-7-6-8-13-34/h6-9,12-15,18-19,24-30,32-33,44-45,49-50,55-56,63,69H,10-11,16-17,20-23,31,58H2,1-5H3,(H,59,61)(H,60,62). The summed E-state index contributed by atoms with van der Waals surface area (Å²) < 4.78 is 43.1. The summed E-state index contributed by atoms with van der Waals surface area (Å²) in [6.07, 6.45) is 4.58. The number of H-pyrrole nitrogens is 2. The van der Waals surface area contributed by atoms with Crippen LogP contribution in [0.1, 0.15) is 94.5 Å². The SMILES string of the molecule is COC(O)NC(C(=O)N1CCCC1c1ncc(-c2ccc3c(c2)cc2n3C(c3cccc(OCCOCc4ccccc4)c3)Oc3cc(-c4cnc(C5CCCN5C(=O)C(N)C(C)C)[nH]4)cc(F)c3-2)[nH]1)C(C)C. The van der Waals surface area contributed by atoms with Gasteiger partial charge in [-0.1, -0.05) is 76.2 Å². The van der Waals surface area contributed by atoms with E-state index >= 15 is 4.39 Å². The maximum absolute atomic E-state index is 17.0. The molecule has 0 spiro atoms. The molecule has 6 N–H and O–H groups in total. The molecule has 3 aromatic heterocycles. The number of aromatic amines is 2. The molecular weight excluding hydrogens is 930 g/mol. The van der Waals surface area contributed by atoms with Gasteiger partial charge in [-0.05, 0) is 85.5 Å². The third-order valence-corrected chi connectivity index (χ3v) is 14.4. The van der Waals surface area contributed by atoms with Crippen LogP contribution < -0.4 is 20.5 Å². The Morgan fingerprint density at radius 1 is 0.836 bits per heavy atom. The number of fused-ring (bicyclic) bond motifs is 5. The highest BCUT2D eigenvalue weighted by Crippen LogP contribution is 2.48. The molecule has 73 heavy (non-hydrogen) atoms. The van der Waals surface area contributed by atoms with Gasteiger partial charge in [-0.25, -0.2) is 14.4 Å². The van der Waals surface area contributed by atoms with Crippen LogP contribution in [0.2, 0.25) is 0 Å². The molecule has 3 aliphatic heterocycles. The van der Waals surface area contributed by atoms with E-state index in [4.69, 9.17) is 34.6 Å². The van der Waals surface area contributed by atoms with Gasteiger partial charge in [0, 0.05) is 42.3 Å². The van der Waals surface area contributed by atoms with Crippen LogP contribution in [-0.2, 0) is 25.7 Å². The molecule has 2 amide bonds. The molecule has 7 aromatic rings. The number of nitrogens with zero attached hydrogens (tertiary/aromatic N) is 5. The lowest BCUT2D eigenvalue weighted by molar-refractivity contribution is -0.145. The average molecular weight is 994 g/mol. The first-order chi connectivity index (χ1) is 35.4. The summed E-state index contributed by atoms with van der Waals surface area (Å²) in [5.41, 5.74) is 12.7. The Hall–Kier alpha value is -6.89. The minimum atomic E-state index is -1.27. The number of ether oxygens (including phenoxy) is 4. The topological polar surface area (TPSA) is 198 Å². The Labute approximate surface area is 424 Å². The predicted octanol–water partition coefficient (Wildman–Crippen LogP) is 8.61. The number of aliphatic hydroxyl groups excluding tert-OH is 1. The van der Waals surface area contributed by atoms with Gasteiger partial charge in [0.1, 0.15) is 35.6 Å². The van der Waals surface area contributed by atoms with Crippen molar-refractivity contribution in [2.45, 2.75) is 96.8 Å². The minimum absolute atomic E-state index is 0.00751. The van der Waals surface area contributed by atoms with Crippen molar-refractivity contribution in [3.05, 3.63) is 132 Å².